The predicted octanol–water partition coefficient (Wildman–Crippen LogP) is 4.96. The second-order valence-corrected chi connectivity index (χ2v) is 7.03. The van der Waals surface area contributed by atoms with Crippen molar-refractivity contribution in [2.45, 2.75) is 6.92 Å². The van der Waals surface area contributed by atoms with Crippen molar-refractivity contribution in [3.8, 4) is 16.4 Å². The molecule has 1 amide bonds. The van der Waals surface area contributed by atoms with Gasteiger partial charge in [-0.2, -0.15) is 9.78 Å². The van der Waals surface area contributed by atoms with Crippen molar-refractivity contribution < 1.29 is 4.79 Å². The molecule has 0 radical (unpaired) electrons. The maximum absolute atomic E-state index is 12.3. The fourth-order valence-corrected chi connectivity index (χ4v) is 3.54. The Kier molecular flexibility index (Phi) is 5.12. The third kappa shape index (κ3) is 4.07. The first-order valence-corrected chi connectivity index (χ1v) is 9.69. The molecule has 2 heterocycles. The maximum Gasteiger partial charge on any atom is 0.249 e. The Morgan fingerprint density at radius 3 is 2.54 bits per heavy atom. The highest BCUT2D eigenvalue weighted by molar-refractivity contribution is 7.12. The molecule has 2 aromatic carbocycles. The zero-order chi connectivity index (χ0) is 19.3. The molecule has 2 aromatic heterocycles. The molecule has 0 fully saturated rings. The highest BCUT2D eigenvalue weighted by Crippen LogP contribution is 2.26. The maximum atomic E-state index is 12.3. The van der Waals surface area contributed by atoms with Crippen LogP contribution in [0.25, 0.3) is 22.5 Å². The van der Waals surface area contributed by atoms with Crippen LogP contribution < -0.4 is 5.32 Å². The van der Waals surface area contributed by atoms with Gasteiger partial charge in [0.2, 0.25) is 11.0 Å². The van der Waals surface area contributed by atoms with E-state index in [9.17, 15) is 4.79 Å². The Morgan fingerprint density at radius 2 is 1.79 bits per heavy atom. The molecule has 0 unspecified atom stereocenters. The van der Waals surface area contributed by atoms with Gasteiger partial charge in [-0.1, -0.05) is 60.7 Å². The van der Waals surface area contributed by atoms with Crippen molar-refractivity contribution in [2.75, 3.05) is 5.32 Å². The number of thiazole rings is 1. The van der Waals surface area contributed by atoms with Gasteiger partial charge in [-0.05, 0) is 18.6 Å². The standard InChI is InChI=1S/C22H18N4OS/c1-16-14-20(24-21(27)13-12-17-8-4-2-5-9-17)26(25-16)22-23-19(15-28-22)18-10-6-3-7-11-18/h2-15H,1H3,(H,24,27)/b13-12-. The first-order valence-electron chi connectivity index (χ1n) is 8.81. The summed E-state index contributed by atoms with van der Waals surface area (Å²) in [6, 6.07) is 21.5. The van der Waals surface area contributed by atoms with Crippen molar-refractivity contribution in [3.63, 3.8) is 0 Å². The normalized spacial score (nSPS) is 11.0. The second-order valence-electron chi connectivity index (χ2n) is 6.20. The minimum Gasteiger partial charge on any atom is -0.307 e. The van der Waals surface area contributed by atoms with Crippen LogP contribution in [0.1, 0.15) is 11.3 Å². The topological polar surface area (TPSA) is 59.8 Å². The van der Waals surface area contributed by atoms with E-state index in [0.717, 1.165) is 22.5 Å². The largest absolute Gasteiger partial charge is 0.307 e. The molecule has 0 bridgehead atoms. The number of nitrogens with zero attached hydrogens (tertiary/aromatic N) is 3. The number of benzene rings is 2. The first kappa shape index (κ1) is 17.9. The third-order valence-electron chi connectivity index (χ3n) is 4.05. The van der Waals surface area contributed by atoms with E-state index in [1.54, 1.807) is 10.8 Å². The van der Waals surface area contributed by atoms with Gasteiger partial charge in [0, 0.05) is 23.1 Å². The summed E-state index contributed by atoms with van der Waals surface area (Å²) in [5, 5.41) is 10.1. The van der Waals surface area contributed by atoms with Crippen LogP contribution in [0.5, 0.6) is 0 Å². The van der Waals surface area contributed by atoms with Gasteiger partial charge in [-0.15, -0.1) is 11.3 Å². The van der Waals surface area contributed by atoms with Gasteiger partial charge in [-0.25, -0.2) is 4.98 Å². The van der Waals surface area contributed by atoms with E-state index in [4.69, 9.17) is 0 Å². The summed E-state index contributed by atoms with van der Waals surface area (Å²) in [7, 11) is 0. The lowest BCUT2D eigenvalue weighted by Gasteiger charge is -2.04. The molecule has 0 aliphatic carbocycles. The number of aryl methyl sites for hydroxylation is 1. The zero-order valence-corrected chi connectivity index (χ0v) is 16.1. The van der Waals surface area contributed by atoms with Crippen molar-refractivity contribution in [1.29, 1.82) is 0 Å². The van der Waals surface area contributed by atoms with E-state index in [2.05, 4.69) is 15.4 Å². The zero-order valence-electron chi connectivity index (χ0n) is 15.2. The number of carbonyl (C=O) groups is 1. The molecule has 0 aliphatic rings. The summed E-state index contributed by atoms with van der Waals surface area (Å²) < 4.78 is 1.67. The Labute approximate surface area is 167 Å². The summed E-state index contributed by atoms with van der Waals surface area (Å²) in [5.74, 6) is 0.374. The van der Waals surface area contributed by atoms with Crippen LogP contribution in [0.4, 0.5) is 5.82 Å². The molecule has 5 nitrogen and oxygen atoms in total. The lowest BCUT2D eigenvalue weighted by Crippen LogP contribution is -2.12. The van der Waals surface area contributed by atoms with Gasteiger partial charge in [-0.3, -0.25) is 4.79 Å². The Balaban J connectivity index is 1.55. The number of hydrogen-bond donors (Lipinski definition) is 1. The average molecular weight is 386 g/mol. The van der Waals surface area contributed by atoms with Crippen LogP contribution in [0, 0.1) is 6.92 Å². The molecule has 28 heavy (non-hydrogen) atoms. The van der Waals surface area contributed by atoms with E-state index in [1.165, 1.54) is 17.4 Å². The fraction of sp³-hybridized carbons (Fsp3) is 0.0455. The average Bonchev–Trinajstić information content (AvgIpc) is 3.34. The summed E-state index contributed by atoms with van der Waals surface area (Å²) in [6.45, 7) is 1.89. The van der Waals surface area contributed by atoms with Crippen LogP contribution in [0.2, 0.25) is 0 Å². The molecule has 4 aromatic rings. The molecule has 0 spiro atoms. The quantitative estimate of drug-likeness (QED) is 0.493. The number of nitrogens with one attached hydrogen (secondary N) is 1. The predicted molar refractivity (Wildman–Crippen MR) is 114 cm³/mol. The highest BCUT2D eigenvalue weighted by atomic mass is 32.1. The molecule has 6 heteroatoms. The number of rotatable bonds is 5. The number of aromatic nitrogens is 3. The number of carbonyl (C=O) groups excluding carboxylic acids is 1. The lowest BCUT2D eigenvalue weighted by molar-refractivity contribution is -0.111. The monoisotopic (exact) mass is 386 g/mol. The number of amides is 1. The summed E-state index contributed by atoms with van der Waals surface area (Å²) >= 11 is 1.48. The molecular formula is C22H18N4OS. The van der Waals surface area contributed by atoms with Crippen molar-refractivity contribution in [1.82, 2.24) is 14.8 Å². The Bertz CT molecular complexity index is 1110. The smallest absolute Gasteiger partial charge is 0.249 e. The molecule has 0 saturated carbocycles. The van der Waals surface area contributed by atoms with Crippen LogP contribution in [-0.2, 0) is 4.79 Å². The summed E-state index contributed by atoms with van der Waals surface area (Å²) in [5.41, 5.74) is 3.70. The minimum absolute atomic E-state index is 0.218. The van der Waals surface area contributed by atoms with Gasteiger partial charge >= 0.3 is 0 Å². The summed E-state index contributed by atoms with van der Waals surface area (Å²) in [4.78, 5) is 17.0. The van der Waals surface area contributed by atoms with Gasteiger partial charge in [0.25, 0.3) is 0 Å². The van der Waals surface area contributed by atoms with Crippen molar-refractivity contribution >= 4 is 29.1 Å². The molecule has 0 atom stereocenters. The van der Waals surface area contributed by atoms with Gasteiger partial charge in [0.15, 0.2) is 0 Å². The van der Waals surface area contributed by atoms with Gasteiger partial charge in [0.05, 0.1) is 11.4 Å². The number of anilines is 1. The molecule has 1 N–H and O–H groups in total. The molecule has 138 valence electrons. The number of hydrogen-bond acceptors (Lipinski definition) is 4. The Hall–Kier alpha value is -3.51. The molecule has 4 rings (SSSR count). The highest BCUT2D eigenvalue weighted by Gasteiger charge is 2.13. The molecule has 0 aliphatic heterocycles. The van der Waals surface area contributed by atoms with Crippen molar-refractivity contribution in [3.05, 3.63) is 89.4 Å². The summed E-state index contributed by atoms with van der Waals surface area (Å²) in [6.07, 6.45) is 3.29. The van der Waals surface area contributed by atoms with Crippen LogP contribution >= 0.6 is 11.3 Å². The van der Waals surface area contributed by atoms with Crippen LogP contribution in [0.3, 0.4) is 0 Å². The van der Waals surface area contributed by atoms with Crippen LogP contribution in [-0.4, -0.2) is 20.7 Å². The Morgan fingerprint density at radius 1 is 1.07 bits per heavy atom. The third-order valence-corrected chi connectivity index (χ3v) is 4.87. The minimum atomic E-state index is -0.218. The van der Waals surface area contributed by atoms with Gasteiger partial charge < -0.3 is 5.32 Å². The van der Waals surface area contributed by atoms with E-state index in [0.29, 0.717) is 10.9 Å². The first-order chi connectivity index (χ1) is 13.7. The van der Waals surface area contributed by atoms with Gasteiger partial charge in [0.1, 0.15) is 5.82 Å². The van der Waals surface area contributed by atoms with E-state index in [-0.39, 0.29) is 5.91 Å². The van der Waals surface area contributed by atoms with E-state index < -0.39 is 0 Å². The van der Waals surface area contributed by atoms with E-state index in [1.807, 2.05) is 79.0 Å². The lowest BCUT2D eigenvalue weighted by atomic mass is 10.2. The van der Waals surface area contributed by atoms with E-state index >= 15 is 0 Å². The molecular weight excluding hydrogens is 368 g/mol. The van der Waals surface area contributed by atoms with Crippen LogP contribution in [0.15, 0.2) is 78.2 Å². The SMILES string of the molecule is Cc1cc(NC(=O)/C=C\c2ccccc2)n(-c2nc(-c3ccccc3)cs2)n1. The van der Waals surface area contributed by atoms with Crippen molar-refractivity contribution in [2.24, 2.45) is 0 Å². The molecule has 0 saturated heterocycles. The second kappa shape index (κ2) is 8.02. The fourth-order valence-electron chi connectivity index (χ4n) is 2.74.